The Hall–Kier alpha value is -1.71. The van der Waals surface area contributed by atoms with Crippen molar-refractivity contribution in [1.29, 1.82) is 0 Å². The van der Waals surface area contributed by atoms with Gasteiger partial charge >= 0.3 is 0 Å². The molecule has 0 saturated heterocycles. The van der Waals surface area contributed by atoms with Gasteiger partial charge < -0.3 is 14.5 Å². The number of amides is 1. The number of anilines is 1. The molecule has 170 valence electrons. The van der Waals surface area contributed by atoms with Crippen molar-refractivity contribution in [2.24, 2.45) is 0 Å². The largest absolute Gasteiger partial charge is 0.481 e. The average Bonchev–Trinajstić information content (AvgIpc) is 3.21. The van der Waals surface area contributed by atoms with Gasteiger partial charge in [0.15, 0.2) is 17.9 Å². The maximum Gasteiger partial charge on any atom is 0.262 e. The molecule has 0 fully saturated rings. The number of rotatable bonds is 5. The molecule has 1 aromatic heterocycles. The molecule has 10 heteroatoms. The Morgan fingerprint density at radius 2 is 1.73 bits per heavy atom. The van der Waals surface area contributed by atoms with Crippen molar-refractivity contribution in [2.45, 2.75) is 13.8 Å². The third-order valence-electron chi connectivity index (χ3n) is 4.89. The molecule has 0 atom stereocenters. The number of carbonyl (C=O) groups is 1. The van der Waals surface area contributed by atoms with Crippen molar-refractivity contribution in [3.8, 4) is 17.2 Å². The molecule has 1 N–H and O–H groups in total. The van der Waals surface area contributed by atoms with Crippen molar-refractivity contribution in [3.05, 3.63) is 71.2 Å². The lowest BCUT2D eigenvalue weighted by atomic mass is 10.1. The summed E-state index contributed by atoms with van der Waals surface area (Å²) < 4.78 is 12.5. The number of ether oxygens (including phenoxy) is 1. The second-order valence-electron chi connectivity index (χ2n) is 7.18. The molecule has 33 heavy (non-hydrogen) atoms. The van der Waals surface area contributed by atoms with Gasteiger partial charge in [-0.1, -0.05) is 46.4 Å². The fourth-order valence-corrected chi connectivity index (χ4v) is 4.66. The number of fused-ring (bicyclic) bond motifs is 1. The van der Waals surface area contributed by atoms with E-state index in [1.54, 1.807) is 38.1 Å². The second-order valence-corrected chi connectivity index (χ2v) is 9.97. The summed E-state index contributed by atoms with van der Waals surface area (Å²) in [7, 11) is 0. The van der Waals surface area contributed by atoms with E-state index >= 15 is 0 Å². The van der Waals surface area contributed by atoms with Crippen molar-refractivity contribution >= 4 is 91.7 Å². The minimum absolute atomic E-state index is 0.221. The lowest BCUT2D eigenvalue weighted by Gasteiger charge is -2.15. The van der Waals surface area contributed by atoms with Crippen LogP contribution in [0.2, 0.25) is 20.1 Å². The molecule has 0 aliphatic heterocycles. The summed E-state index contributed by atoms with van der Waals surface area (Å²) in [4.78, 5) is 17.0. The van der Waals surface area contributed by atoms with Crippen molar-refractivity contribution in [2.75, 3.05) is 11.9 Å². The number of benzene rings is 3. The molecule has 0 aliphatic rings. The number of hydrogen-bond donors (Lipinski definition) is 1. The zero-order chi connectivity index (χ0) is 23.9. The molecular weight excluding hydrogens is 621 g/mol. The molecule has 4 rings (SSSR count). The van der Waals surface area contributed by atoms with Gasteiger partial charge in [-0.25, -0.2) is 4.98 Å². The summed E-state index contributed by atoms with van der Waals surface area (Å²) in [6, 6.07) is 10.7. The summed E-state index contributed by atoms with van der Waals surface area (Å²) in [5, 5.41) is 4.32. The van der Waals surface area contributed by atoms with Gasteiger partial charge in [-0.3, -0.25) is 4.79 Å². The Kier molecular flexibility index (Phi) is 7.31. The molecule has 5 nitrogen and oxygen atoms in total. The van der Waals surface area contributed by atoms with E-state index in [4.69, 9.17) is 55.6 Å². The minimum Gasteiger partial charge on any atom is -0.481 e. The van der Waals surface area contributed by atoms with Gasteiger partial charge in [0, 0.05) is 14.3 Å². The van der Waals surface area contributed by atoms with Crippen LogP contribution >= 0.6 is 69.0 Å². The Bertz CT molecular complexity index is 1380. The zero-order valence-electron chi connectivity index (χ0n) is 17.2. The highest BCUT2D eigenvalue weighted by molar-refractivity contribution is 14.1. The van der Waals surface area contributed by atoms with Crippen LogP contribution in [0.4, 0.5) is 5.69 Å². The average molecular weight is 636 g/mol. The van der Waals surface area contributed by atoms with Crippen LogP contribution in [0.5, 0.6) is 5.75 Å². The predicted octanol–water partition coefficient (Wildman–Crippen LogP) is 8.35. The number of nitrogens with one attached hydrogen (secondary N) is 1. The third-order valence-corrected chi connectivity index (χ3v) is 7.37. The van der Waals surface area contributed by atoms with Crippen LogP contribution < -0.4 is 10.1 Å². The molecular formula is C23H15Cl4IN2O3. The molecule has 0 aliphatic carbocycles. The van der Waals surface area contributed by atoms with Crippen LogP contribution in [0.3, 0.4) is 0 Å². The highest BCUT2D eigenvalue weighted by Crippen LogP contribution is 2.42. The maximum atomic E-state index is 12.5. The number of oxazole rings is 1. The summed E-state index contributed by atoms with van der Waals surface area (Å²) in [5.41, 5.74) is 3.65. The maximum absolute atomic E-state index is 12.5. The fourth-order valence-electron chi connectivity index (χ4n) is 3.15. The number of carbonyl (C=O) groups excluding carboxylic acids is 1. The molecule has 3 aromatic carbocycles. The van der Waals surface area contributed by atoms with Gasteiger partial charge in [0.2, 0.25) is 5.89 Å². The standard InChI is InChI=1S/C23H15Cl4IN2O3/c1-10-19(25)11(2)21(27)22(20(10)26)32-9-18(31)29-13-4-6-17-16(8-13)30-23(33-17)14-7-12(28)3-5-15(14)24/h3-8H,9H2,1-2H3,(H,29,31). The normalized spacial score (nSPS) is 11.1. The molecule has 0 unspecified atom stereocenters. The van der Waals surface area contributed by atoms with Crippen molar-refractivity contribution in [1.82, 2.24) is 4.98 Å². The van der Waals surface area contributed by atoms with Crippen molar-refractivity contribution < 1.29 is 13.9 Å². The quantitative estimate of drug-likeness (QED) is 0.224. The van der Waals surface area contributed by atoms with Crippen LogP contribution in [0.25, 0.3) is 22.6 Å². The zero-order valence-corrected chi connectivity index (χ0v) is 22.4. The van der Waals surface area contributed by atoms with Gasteiger partial charge in [0.05, 0.1) is 20.6 Å². The molecule has 1 heterocycles. The molecule has 0 radical (unpaired) electrons. The molecule has 1 amide bonds. The van der Waals surface area contributed by atoms with Gasteiger partial charge in [0.1, 0.15) is 5.52 Å². The number of aromatic nitrogens is 1. The molecule has 0 saturated carbocycles. The van der Waals surface area contributed by atoms with E-state index in [-0.39, 0.29) is 22.4 Å². The first-order valence-corrected chi connectivity index (χ1v) is 12.2. The Balaban J connectivity index is 1.51. The number of hydrogen-bond acceptors (Lipinski definition) is 4. The fraction of sp³-hybridized carbons (Fsp3) is 0.130. The minimum atomic E-state index is -0.392. The third kappa shape index (κ3) is 5.05. The van der Waals surface area contributed by atoms with Crippen LogP contribution in [-0.4, -0.2) is 17.5 Å². The SMILES string of the molecule is Cc1c(Cl)c(C)c(Cl)c(OCC(=O)Nc2ccc3oc(-c4cc(I)ccc4Cl)nc3c2)c1Cl. The summed E-state index contributed by atoms with van der Waals surface area (Å²) in [6.07, 6.45) is 0. The van der Waals surface area contributed by atoms with Crippen LogP contribution in [0.1, 0.15) is 11.1 Å². The van der Waals surface area contributed by atoms with E-state index in [9.17, 15) is 4.79 Å². The van der Waals surface area contributed by atoms with Gasteiger partial charge in [0.25, 0.3) is 5.91 Å². The van der Waals surface area contributed by atoms with Gasteiger partial charge in [-0.2, -0.15) is 0 Å². The topological polar surface area (TPSA) is 64.4 Å². The first-order chi connectivity index (χ1) is 15.7. The van der Waals surface area contributed by atoms with E-state index in [0.29, 0.717) is 49.4 Å². The van der Waals surface area contributed by atoms with E-state index in [0.717, 1.165) is 3.57 Å². The van der Waals surface area contributed by atoms with E-state index in [2.05, 4.69) is 32.9 Å². The Morgan fingerprint density at radius 3 is 2.42 bits per heavy atom. The number of nitrogens with zero attached hydrogens (tertiary/aromatic N) is 1. The van der Waals surface area contributed by atoms with Gasteiger partial charge in [-0.05, 0) is 84.0 Å². The smallest absolute Gasteiger partial charge is 0.262 e. The van der Waals surface area contributed by atoms with E-state index < -0.39 is 5.91 Å². The van der Waals surface area contributed by atoms with Crippen LogP contribution in [0.15, 0.2) is 40.8 Å². The first kappa shape index (κ1) is 24.4. The van der Waals surface area contributed by atoms with Gasteiger partial charge in [-0.15, -0.1) is 0 Å². The molecule has 0 bridgehead atoms. The first-order valence-electron chi connectivity index (χ1n) is 9.58. The highest BCUT2D eigenvalue weighted by atomic mass is 127. The Labute approximate surface area is 223 Å². The predicted molar refractivity (Wildman–Crippen MR) is 142 cm³/mol. The second kappa shape index (κ2) is 9.88. The van der Waals surface area contributed by atoms with Crippen LogP contribution in [-0.2, 0) is 4.79 Å². The summed E-state index contributed by atoms with van der Waals surface area (Å²) >= 11 is 27.3. The molecule has 4 aromatic rings. The van der Waals surface area contributed by atoms with Crippen molar-refractivity contribution in [3.63, 3.8) is 0 Å². The number of halogens is 5. The summed E-state index contributed by atoms with van der Waals surface area (Å²) in [5.74, 6) is 0.230. The lowest BCUT2D eigenvalue weighted by molar-refractivity contribution is -0.118. The Morgan fingerprint density at radius 1 is 1.03 bits per heavy atom. The summed E-state index contributed by atoms with van der Waals surface area (Å²) in [6.45, 7) is 3.22. The highest BCUT2D eigenvalue weighted by Gasteiger charge is 2.19. The lowest BCUT2D eigenvalue weighted by Crippen LogP contribution is -2.20. The monoisotopic (exact) mass is 634 g/mol. The van der Waals surface area contributed by atoms with Crippen LogP contribution in [0, 0.1) is 17.4 Å². The van der Waals surface area contributed by atoms with E-state index in [1.165, 1.54) is 0 Å². The molecule has 0 spiro atoms. The van der Waals surface area contributed by atoms with E-state index in [1.807, 2.05) is 12.1 Å².